The van der Waals surface area contributed by atoms with Crippen LogP contribution < -0.4 is 15.5 Å². The standard InChI is InChI=1S/C17H23N3O2/c1-18-16(22)15(3-2-8-21)13-4-6-14(7-5-13)20-11-17(12-20)9-19-10-17/h4-8,15,19H,2-3,9-12H2,1H3,(H,18,22). The summed E-state index contributed by atoms with van der Waals surface area (Å²) in [6, 6.07) is 8.21. The molecule has 1 aromatic rings. The summed E-state index contributed by atoms with van der Waals surface area (Å²) in [6.07, 6.45) is 1.83. The first-order valence-corrected chi connectivity index (χ1v) is 7.88. The van der Waals surface area contributed by atoms with Gasteiger partial charge in [-0.15, -0.1) is 0 Å². The highest BCUT2D eigenvalue weighted by atomic mass is 16.1. The van der Waals surface area contributed by atoms with Crippen molar-refractivity contribution in [3.8, 4) is 0 Å². The largest absolute Gasteiger partial charge is 0.370 e. The number of likely N-dealkylation sites (N-methyl/N-ethyl adjacent to an activating group) is 1. The third kappa shape index (κ3) is 2.73. The molecule has 1 atom stereocenters. The first-order valence-electron chi connectivity index (χ1n) is 7.88. The van der Waals surface area contributed by atoms with Crippen LogP contribution in [-0.4, -0.2) is 45.4 Å². The molecular weight excluding hydrogens is 278 g/mol. The zero-order valence-electron chi connectivity index (χ0n) is 13.0. The van der Waals surface area contributed by atoms with Crippen molar-refractivity contribution in [2.75, 3.05) is 38.1 Å². The molecule has 2 aliphatic rings. The average Bonchev–Trinajstić information content (AvgIpc) is 2.46. The van der Waals surface area contributed by atoms with Gasteiger partial charge in [-0.25, -0.2) is 0 Å². The van der Waals surface area contributed by atoms with Crippen LogP contribution in [0.25, 0.3) is 0 Å². The lowest BCUT2D eigenvalue weighted by Gasteiger charge is -2.57. The summed E-state index contributed by atoms with van der Waals surface area (Å²) in [5.74, 6) is -0.277. The van der Waals surface area contributed by atoms with Crippen LogP contribution in [0.1, 0.15) is 24.3 Å². The Morgan fingerprint density at radius 3 is 2.55 bits per heavy atom. The van der Waals surface area contributed by atoms with Crippen LogP contribution in [0.2, 0.25) is 0 Å². The Labute approximate surface area is 131 Å². The molecule has 2 heterocycles. The number of carbonyl (C=O) groups excluding carboxylic acids is 2. The number of hydrogen-bond acceptors (Lipinski definition) is 4. The summed E-state index contributed by atoms with van der Waals surface area (Å²) < 4.78 is 0. The molecule has 2 aliphatic heterocycles. The maximum atomic E-state index is 12.0. The summed E-state index contributed by atoms with van der Waals surface area (Å²) in [6.45, 7) is 4.49. The van der Waals surface area contributed by atoms with Gasteiger partial charge in [-0.2, -0.15) is 0 Å². The van der Waals surface area contributed by atoms with Crippen LogP contribution in [0, 0.1) is 5.41 Å². The van der Waals surface area contributed by atoms with Crippen LogP contribution in [-0.2, 0) is 9.59 Å². The number of nitrogens with zero attached hydrogens (tertiary/aromatic N) is 1. The van der Waals surface area contributed by atoms with Crippen LogP contribution >= 0.6 is 0 Å². The minimum atomic E-state index is -0.247. The van der Waals surface area contributed by atoms with Crippen molar-refractivity contribution in [2.45, 2.75) is 18.8 Å². The summed E-state index contributed by atoms with van der Waals surface area (Å²) in [7, 11) is 1.64. The first kappa shape index (κ1) is 15.0. The van der Waals surface area contributed by atoms with Crippen molar-refractivity contribution in [3.63, 3.8) is 0 Å². The molecule has 1 unspecified atom stereocenters. The zero-order chi connectivity index (χ0) is 15.6. The van der Waals surface area contributed by atoms with E-state index in [1.54, 1.807) is 7.05 Å². The number of aldehydes is 1. The van der Waals surface area contributed by atoms with Crippen molar-refractivity contribution in [1.82, 2.24) is 10.6 Å². The van der Waals surface area contributed by atoms with Crippen LogP contribution in [0.4, 0.5) is 5.69 Å². The van der Waals surface area contributed by atoms with Crippen LogP contribution in [0.3, 0.4) is 0 Å². The molecule has 0 aliphatic carbocycles. The molecule has 0 radical (unpaired) electrons. The fourth-order valence-corrected chi connectivity index (χ4v) is 3.42. The lowest BCUT2D eigenvalue weighted by molar-refractivity contribution is -0.122. The van der Waals surface area contributed by atoms with E-state index in [0.717, 1.165) is 38.0 Å². The second kappa shape index (κ2) is 6.08. The average molecular weight is 301 g/mol. The molecule has 0 bridgehead atoms. The predicted octanol–water partition coefficient (Wildman–Crippen LogP) is 0.905. The van der Waals surface area contributed by atoms with Crippen molar-refractivity contribution in [3.05, 3.63) is 29.8 Å². The minimum Gasteiger partial charge on any atom is -0.370 e. The second-order valence-electron chi connectivity index (χ2n) is 6.46. The van der Waals surface area contributed by atoms with Gasteiger partial charge in [0.1, 0.15) is 6.29 Å². The monoisotopic (exact) mass is 301 g/mol. The molecule has 2 saturated heterocycles. The number of anilines is 1. The number of hydrogen-bond donors (Lipinski definition) is 2. The van der Waals surface area contributed by atoms with Gasteiger partial charge in [0.05, 0.1) is 5.92 Å². The summed E-state index contributed by atoms with van der Waals surface area (Å²) >= 11 is 0. The van der Waals surface area contributed by atoms with Crippen molar-refractivity contribution in [1.29, 1.82) is 0 Å². The first-order chi connectivity index (χ1) is 10.7. The lowest BCUT2D eigenvalue weighted by atomic mass is 9.74. The maximum absolute atomic E-state index is 12.0. The van der Waals surface area contributed by atoms with E-state index in [1.807, 2.05) is 12.1 Å². The second-order valence-corrected chi connectivity index (χ2v) is 6.46. The molecule has 1 spiro atoms. The number of benzene rings is 1. The highest BCUT2D eigenvalue weighted by Gasteiger charge is 2.47. The van der Waals surface area contributed by atoms with Gasteiger partial charge in [-0.1, -0.05) is 12.1 Å². The topological polar surface area (TPSA) is 61.4 Å². The molecule has 2 N–H and O–H groups in total. The van der Waals surface area contributed by atoms with E-state index in [1.165, 1.54) is 5.69 Å². The van der Waals surface area contributed by atoms with Gasteiger partial charge in [0.25, 0.3) is 0 Å². The van der Waals surface area contributed by atoms with E-state index < -0.39 is 0 Å². The SMILES string of the molecule is CNC(=O)C(CCC=O)c1ccc(N2CC3(CNC3)C2)cc1. The van der Waals surface area contributed by atoms with Crippen molar-refractivity contribution < 1.29 is 9.59 Å². The molecule has 3 rings (SSSR count). The lowest BCUT2D eigenvalue weighted by Crippen LogP contribution is -2.71. The molecular formula is C17H23N3O2. The Balaban J connectivity index is 1.66. The van der Waals surface area contributed by atoms with E-state index in [2.05, 4.69) is 27.7 Å². The van der Waals surface area contributed by atoms with Crippen molar-refractivity contribution in [2.24, 2.45) is 5.41 Å². The number of rotatable bonds is 6. The van der Waals surface area contributed by atoms with Crippen LogP contribution in [0.5, 0.6) is 0 Å². The summed E-state index contributed by atoms with van der Waals surface area (Å²) in [5.41, 5.74) is 2.70. The Morgan fingerprint density at radius 2 is 2.05 bits per heavy atom. The Morgan fingerprint density at radius 1 is 1.36 bits per heavy atom. The van der Waals surface area contributed by atoms with Gasteiger partial charge in [-0.3, -0.25) is 4.79 Å². The van der Waals surface area contributed by atoms with Gasteiger partial charge < -0.3 is 20.3 Å². The van der Waals surface area contributed by atoms with E-state index >= 15 is 0 Å². The highest BCUT2D eigenvalue weighted by molar-refractivity contribution is 5.83. The fraction of sp³-hybridized carbons (Fsp3) is 0.529. The number of carbonyl (C=O) groups is 2. The van der Waals surface area contributed by atoms with Gasteiger partial charge >= 0.3 is 0 Å². The third-order valence-corrected chi connectivity index (χ3v) is 4.85. The number of amides is 1. The smallest absolute Gasteiger partial charge is 0.227 e. The van der Waals surface area contributed by atoms with Gasteiger partial charge in [0.15, 0.2) is 0 Å². The third-order valence-electron chi connectivity index (χ3n) is 4.85. The molecule has 118 valence electrons. The Hall–Kier alpha value is -1.88. The molecule has 5 heteroatoms. The summed E-state index contributed by atoms with van der Waals surface area (Å²) in [4.78, 5) is 25.0. The summed E-state index contributed by atoms with van der Waals surface area (Å²) in [5, 5.41) is 6.02. The van der Waals surface area contributed by atoms with Crippen molar-refractivity contribution >= 4 is 17.9 Å². The maximum Gasteiger partial charge on any atom is 0.227 e. The molecule has 1 aromatic carbocycles. The quantitative estimate of drug-likeness (QED) is 0.767. The molecule has 0 saturated carbocycles. The van der Waals surface area contributed by atoms with E-state index in [-0.39, 0.29) is 11.8 Å². The molecule has 22 heavy (non-hydrogen) atoms. The Kier molecular flexibility index (Phi) is 4.16. The number of nitrogens with one attached hydrogen (secondary N) is 2. The molecule has 5 nitrogen and oxygen atoms in total. The van der Waals surface area contributed by atoms with Gasteiger partial charge in [0.2, 0.25) is 5.91 Å². The van der Waals surface area contributed by atoms with E-state index in [4.69, 9.17) is 0 Å². The zero-order valence-corrected chi connectivity index (χ0v) is 13.0. The highest BCUT2D eigenvalue weighted by Crippen LogP contribution is 2.37. The van der Waals surface area contributed by atoms with E-state index in [9.17, 15) is 9.59 Å². The molecule has 2 fully saturated rings. The van der Waals surface area contributed by atoms with E-state index in [0.29, 0.717) is 18.3 Å². The molecule has 1 amide bonds. The molecule has 0 aromatic heterocycles. The van der Waals surface area contributed by atoms with Gasteiger partial charge in [0, 0.05) is 50.7 Å². The van der Waals surface area contributed by atoms with Crippen LogP contribution in [0.15, 0.2) is 24.3 Å². The normalized spacial score (nSPS) is 20.0. The fourth-order valence-electron chi connectivity index (χ4n) is 3.42. The minimum absolute atomic E-state index is 0.0296. The predicted molar refractivity (Wildman–Crippen MR) is 86.1 cm³/mol. The Bertz CT molecular complexity index is 544. The van der Waals surface area contributed by atoms with Gasteiger partial charge in [-0.05, 0) is 24.1 Å².